The van der Waals surface area contributed by atoms with Crippen LogP contribution in [-0.4, -0.2) is 15.9 Å². The smallest absolute Gasteiger partial charge is 0.276 e. The molecule has 0 saturated carbocycles. The molecule has 27 heavy (non-hydrogen) atoms. The molecule has 0 aliphatic rings. The number of nitrogens with zero attached hydrogens (tertiary/aromatic N) is 2. The van der Waals surface area contributed by atoms with Crippen LogP contribution in [0.2, 0.25) is 0 Å². The van der Waals surface area contributed by atoms with E-state index in [1.807, 2.05) is 30.3 Å². The van der Waals surface area contributed by atoms with Gasteiger partial charge in [-0.1, -0.05) is 77.6 Å². The minimum atomic E-state index is -0.264. The van der Waals surface area contributed by atoms with Crippen molar-refractivity contribution in [2.24, 2.45) is 0 Å². The van der Waals surface area contributed by atoms with Crippen molar-refractivity contribution in [3.63, 3.8) is 0 Å². The molecule has 2 aromatic carbocycles. The van der Waals surface area contributed by atoms with Gasteiger partial charge in [-0.05, 0) is 24.6 Å². The normalized spacial score (nSPS) is 10.6. The van der Waals surface area contributed by atoms with Crippen LogP contribution in [0.5, 0.6) is 0 Å². The van der Waals surface area contributed by atoms with Crippen molar-refractivity contribution < 1.29 is 4.79 Å². The summed E-state index contributed by atoms with van der Waals surface area (Å²) < 4.78 is 0. The van der Waals surface area contributed by atoms with E-state index < -0.39 is 0 Å². The first-order valence-electron chi connectivity index (χ1n) is 8.56. The highest BCUT2D eigenvalue weighted by Crippen LogP contribution is 2.39. The zero-order valence-electron chi connectivity index (χ0n) is 14.7. The monoisotopic (exact) mass is 371 g/mol. The number of rotatable bonds is 4. The SMILES string of the molecule is Cc1ccc(-c2sc(NC(=O)c3ccccn3)nc2-c2ccccc2)cc1. The van der Waals surface area contributed by atoms with Gasteiger partial charge in [-0.15, -0.1) is 0 Å². The third-order valence-electron chi connectivity index (χ3n) is 4.11. The summed E-state index contributed by atoms with van der Waals surface area (Å²) in [5.74, 6) is -0.264. The third-order valence-corrected chi connectivity index (χ3v) is 5.13. The predicted molar refractivity (Wildman–Crippen MR) is 110 cm³/mol. The number of benzene rings is 2. The molecular weight excluding hydrogens is 354 g/mol. The van der Waals surface area contributed by atoms with E-state index in [0.717, 1.165) is 21.7 Å². The number of carbonyl (C=O) groups is 1. The number of hydrogen-bond acceptors (Lipinski definition) is 4. The molecule has 0 unspecified atom stereocenters. The van der Waals surface area contributed by atoms with Crippen LogP contribution in [0.4, 0.5) is 5.13 Å². The Kier molecular flexibility index (Phi) is 4.77. The molecule has 2 heterocycles. The fourth-order valence-corrected chi connectivity index (χ4v) is 3.71. The minimum Gasteiger partial charge on any atom is -0.296 e. The number of amides is 1. The molecule has 0 atom stereocenters. The van der Waals surface area contributed by atoms with Crippen LogP contribution in [0.3, 0.4) is 0 Å². The molecule has 0 radical (unpaired) electrons. The Hall–Kier alpha value is -3.31. The van der Waals surface area contributed by atoms with Crippen molar-refractivity contribution in [2.75, 3.05) is 5.32 Å². The van der Waals surface area contributed by atoms with Gasteiger partial charge in [0.05, 0.1) is 10.6 Å². The van der Waals surface area contributed by atoms with Crippen molar-refractivity contribution in [1.82, 2.24) is 9.97 Å². The van der Waals surface area contributed by atoms with Crippen LogP contribution in [-0.2, 0) is 0 Å². The molecule has 1 N–H and O–H groups in total. The maximum atomic E-state index is 12.4. The topological polar surface area (TPSA) is 54.9 Å². The highest BCUT2D eigenvalue weighted by atomic mass is 32.1. The molecule has 0 bridgehead atoms. The summed E-state index contributed by atoms with van der Waals surface area (Å²) in [4.78, 5) is 22.3. The van der Waals surface area contributed by atoms with Crippen LogP contribution in [0.1, 0.15) is 16.1 Å². The maximum absolute atomic E-state index is 12.4. The van der Waals surface area contributed by atoms with Gasteiger partial charge in [0.2, 0.25) is 0 Å². The molecule has 1 amide bonds. The molecule has 4 rings (SSSR count). The van der Waals surface area contributed by atoms with Crippen LogP contribution in [0.15, 0.2) is 79.0 Å². The minimum absolute atomic E-state index is 0.264. The number of aromatic nitrogens is 2. The molecule has 0 fully saturated rings. The van der Waals surface area contributed by atoms with Gasteiger partial charge in [-0.25, -0.2) is 4.98 Å². The molecule has 4 aromatic rings. The predicted octanol–water partition coefficient (Wildman–Crippen LogP) is 5.43. The molecule has 2 aromatic heterocycles. The van der Waals surface area contributed by atoms with Crippen molar-refractivity contribution in [2.45, 2.75) is 6.92 Å². The van der Waals surface area contributed by atoms with E-state index in [-0.39, 0.29) is 5.91 Å². The van der Waals surface area contributed by atoms with E-state index >= 15 is 0 Å². The van der Waals surface area contributed by atoms with Crippen molar-refractivity contribution >= 4 is 22.4 Å². The number of anilines is 1. The molecule has 0 spiro atoms. The number of hydrogen-bond donors (Lipinski definition) is 1. The first kappa shape index (κ1) is 17.1. The van der Waals surface area contributed by atoms with E-state index in [1.165, 1.54) is 16.9 Å². The van der Waals surface area contributed by atoms with Gasteiger partial charge < -0.3 is 0 Å². The maximum Gasteiger partial charge on any atom is 0.276 e. The lowest BCUT2D eigenvalue weighted by Crippen LogP contribution is -2.13. The molecule has 4 nitrogen and oxygen atoms in total. The lowest BCUT2D eigenvalue weighted by atomic mass is 10.1. The van der Waals surface area contributed by atoms with E-state index in [0.29, 0.717) is 10.8 Å². The standard InChI is InChI=1S/C22H17N3OS/c1-15-10-12-17(13-11-15)20-19(16-7-3-2-4-8-16)24-22(27-20)25-21(26)18-9-5-6-14-23-18/h2-14H,1H3,(H,24,25,26). The van der Waals surface area contributed by atoms with Gasteiger partial charge in [0, 0.05) is 11.8 Å². The lowest BCUT2D eigenvalue weighted by Gasteiger charge is -2.03. The molecule has 132 valence electrons. The summed E-state index contributed by atoms with van der Waals surface area (Å²) in [5, 5.41) is 3.43. The van der Waals surface area contributed by atoms with Gasteiger partial charge in [-0.3, -0.25) is 15.1 Å². The second kappa shape index (κ2) is 7.51. The summed E-state index contributed by atoms with van der Waals surface area (Å²) in [6.07, 6.45) is 1.60. The second-order valence-corrected chi connectivity index (χ2v) is 7.10. The fourth-order valence-electron chi connectivity index (χ4n) is 2.72. The van der Waals surface area contributed by atoms with Gasteiger partial charge in [-0.2, -0.15) is 0 Å². The quantitative estimate of drug-likeness (QED) is 0.520. The van der Waals surface area contributed by atoms with Crippen LogP contribution < -0.4 is 5.32 Å². The number of thiazole rings is 1. The number of carbonyl (C=O) groups excluding carboxylic acids is 1. The van der Waals surface area contributed by atoms with E-state index in [1.54, 1.807) is 24.4 Å². The van der Waals surface area contributed by atoms with Crippen LogP contribution in [0.25, 0.3) is 21.7 Å². The Morgan fingerprint density at radius 2 is 1.63 bits per heavy atom. The Labute approximate surface area is 161 Å². The zero-order valence-corrected chi connectivity index (χ0v) is 15.5. The Morgan fingerprint density at radius 1 is 0.889 bits per heavy atom. The molecule has 0 aliphatic heterocycles. The summed E-state index contributed by atoms with van der Waals surface area (Å²) in [6.45, 7) is 2.06. The number of nitrogens with one attached hydrogen (secondary N) is 1. The van der Waals surface area contributed by atoms with Crippen molar-refractivity contribution in [3.05, 3.63) is 90.3 Å². The van der Waals surface area contributed by atoms with Crippen LogP contribution >= 0.6 is 11.3 Å². The Balaban J connectivity index is 1.74. The summed E-state index contributed by atoms with van der Waals surface area (Å²) in [6, 6.07) is 23.6. The van der Waals surface area contributed by atoms with Crippen molar-refractivity contribution in [1.29, 1.82) is 0 Å². The van der Waals surface area contributed by atoms with E-state index in [2.05, 4.69) is 41.5 Å². The first-order chi connectivity index (χ1) is 13.2. The third kappa shape index (κ3) is 3.78. The van der Waals surface area contributed by atoms with Crippen molar-refractivity contribution in [3.8, 4) is 21.7 Å². The van der Waals surface area contributed by atoms with Gasteiger partial charge in [0.15, 0.2) is 5.13 Å². The van der Waals surface area contributed by atoms with Gasteiger partial charge in [0.1, 0.15) is 5.69 Å². The lowest BCUT2D eigenvalue weighted by molar-refractivity contribution is 0.102. The van der Waals surface area contributed by atoms with Gasteiger partial charge >= 0.3 is 0 Å². The zero-order chi connectivity index (χ0) is 18.6. The average molecular weight is 371 g/mol. The second-order valence-electron chi connectivity index (χ2n) is 6.10. The molecule has 0 aliphatic carbocycles. The largest absolute Gasteiger partial charge is 0.296 e. The van der Waals surface area contributed by atoms with E-state index in [9.17, 15) is 4.79 Å². The Bertz CT molecular complexity index is 1060. The first-order valence-corrected chi connectivity index (χ1v) is 9.38. The number of pyridine rings is 1. The van der Waals surface area contributed by atoms with Gasteiger partial charge in [0.25, 0.3) is 5.91 Å². The molecular formula is C22H17N3OS. The average Bonchev–Trinajstić information content (AvgIpc) is 3.13. The fraction of sp³-hybridized carbons (Fsp3) is 0.0455. The number of aryl methyl sites for hydroxylation is 1. The summed E-state index contributed by atoms with van der Waals surface area (Å²) in [5.41, 5.74) is 4.53. The highest BCUT2D eigenvalue weighted by molar-refractivity contribution is 7.19. The summed E-state index contributed by atoms with van der Waals surface area (Å²) in [7, 11) is 0. The summed E-state index contributed by atoms with van der Waals surface area (Å²) >= 11 is 1.47. The molecule has 0 saturated heterocycles. The van der Waals surface area contributed by atoms with Crippen LogP contribution in [0, 0.1) is 6.92 Å². The van der Waals surface area contributed by atoms with E-state index in [4.69, 9.17) is 4.98 Å². The highest BCUT2D eigenvalue weighted by Gasteiger charge is 2.17. The molecule has 5 heteroatoms. The Morgan fingerprint density at radius 3 is 2.33 bits per heavy atom.